The van der Waals surface area contributed by atoms with Gasteiger partial charge in [0.25, 0.3) is 5.91 Å². The topological polar surface area (TPSA) is 153 Å². The normalized spacial score (nSPS) is 25.4. The molecule has 42 heavy (non-hydrogen) atoms. The molecule has 3 aliphatic rings. The second-order valence-corrected chi connectivity index (χ2v) is 14.0. The van der Waals surface area contributed by atoms with Gasteiger partial charge in [0, 0.05) is 23.9 Å². The third-order valence-corrected chi connectivity index (χ3v) is 9.48. The van der Waals surface area contributed by atoms with Crippen molar-refractivity contribution in [3.63, 3.8) is 0 Å². The van der Waals surface area contributed by atoms with Gasteiger partial charge in [0.2, 0.25) is 21.8 Å². The summed E-state index contributed by atoms with van der Waals surface area (Å²) in [6.45, 7) is 8.91. The molecule has 13 heteroatoms. The molecular formula is C29H36N4O8S. The maximum absolute atomic E-state index is 13.7. The molecule has 3 amide bonds. The summed E-state index contributed by atoms with van der Waals surface area (Å²) in [5, 5.41) is 3.71. The lowest BCUT2D eigenvalue weighted by Crippen LogP contribution is -2.56. The van der Waals surface area contributed by atoms with Gasteiger partial charge >= 0.3 is 6.09 Å². The van der Waals surface area contributed by atoms with Crippen LogP contribution in [0.15, 0.2) is 43.1 Å². The zero-order valence-electron chi connectivity index (χ0n) is 24.1. The highest BCUT2D eigenvalue weighted by atomic mass is 32.2. The first-order valence-corrected chi connectivity index (χ1v) is 15.4. The van der Waals surface area contributed by atoms with Gasteiger partial charge in [-0.05, 0) is 63.6 Å². The lowest BCUT2D eigenvalue weighted by Gasteiger charge is -2.29. The van der Waals surface area contributed by atoms with Crippen molar-refractivity contribution in [3.05, 3.63) is 43.1 Å². The number of methoxy groups -OCH3 is 1. The maximum atomic E-state index is 13.7. The predicted molar refractivity (Wildman–Crippen MR) is 153 cm³/mol. The minimum Gasteiger partial charge on any atom is -0.497 e. The zero-order chi connectivity index (χ0) is 30.4. The number of likely N-dealkylation sites (tertiary alicyclic amines) is 1. The molecule has 1 aromatic heterocycles. The summed E-state index contributed by atoms with van der Waals surface area (Å²) in [7, 11) is -2.27. The van der Waals surface area contributed by atoms with Crippen molar-refractivity contribution in [2.75, 3.05) is 13.7 Å². The number of amides is 3. The molecule has 0 radical (unpaired) electrons. The number of fused-ring (bicyclic) bond motifs is 1. The summed E-state index contributed by atoms with van der Waals surface area (Å²) in [5.41, 5.74) is -2.30. The van der Waals surface area contributed by atoms with E-state index < -0.39 is 62.4 Å². The summed E-state index contributed by atoms with van der Waals surface area (Å²) in [6.07, 6.45) is 3.02. The van der Waals surface area contributed by atoms with Gasteiger partial charge in [0.15, 0.2) is 0 Å². The van der Waals surface area contributed by atoms with Gasteiger partial charge in [-0.2, -0.15) is 0 Å². The summed E-state index contributed by atoms with van der Waals surface area (Å²) >= 11 is 0. The third kappa shape index (κ3) is 6.01. The van der Waals surface area contributed by atoms with Crippen molar-refractivity contribution in [2.45, 2.75) is 75.0 Å². The fraction of sp³-hybridized carbons (Fsp3) is 0.517. The molecule has 4 atom stereocenters. The molecule has 1 aliphatic heterocycles. The number of hydrogen-bond acceptors (Lipinski definition) is 9. The van der Waals surface area contributed by atoms with Crippen molar-refractivity contribution in [1.29, 1.82) is 0 Å². The van der Waals surface area contributed by atoms with Crippen LogP contribution in [0, 0.1) is 5.92 Å². The van der Waals surface area contributed by atoms with Crippen molar-refractivity contribution >= 4 is 38.7 Å². The molecule has 2 aliphatic carbocycles. The number of ether oxygens (including phenoxy) is 3. The largest absolute Gasteiger partial charge is 0.497 e. The molecule has 5 rings (SSSR count). The van der Waals surface area contributed by atoms with E-state index >= 15 is 0 Å². The van der Waals surface area contributed by atoms with E-state index in [1.807, 2.05) is 18.2 Å². The number of hydrogen-bond donors (Lipinski definition) is 2. The molecule has 1 aromatic carbocycles. The van der Waals surface area contributed by atoms with Crippen LogP contribution in [0.1, 0.15) is 46.5 Å². The second-order valence-electron chi connectivity index (χ2n) is 12.0. The highest BCUT2D eigenvalue weighted by Crippen LogP contribution is 2.45. The molecule has 1 saturated heterocycles. The molecule has 2 unspecified atom stereocenters. The molecule has 0 spiro atoms. The monoisotopic (exact) mass is 600 g/mol. The number of carbonyl (C=O) groups is 3. The Morgan fingerprint density at radius 2 is 1.93 bits per heavy atom. The maximum Gasteiger partial charge on any atom is 0.411 e. The number of nitrogens with zero attached hydrogens (tertiary/aromatic N) is 2. The van der Waals surface area contributed by atoms with Crippen molar-refractivity contribution in [1.82, 2.24) is 19.9 Å². The summed E-state index contributed by atoms with van der Waals surface area (Å²) in [4.78, 5) is 45.8. The number of nitrogens with one attached hydrogen (secondary N) is 2. The van der Waals surface area contributed by atoms with E-state index in [-0.39, 0.29) is 19.4 Å². The molecule has 0 bridgehead atoms. The first-order valence-electron chi connectivity index (χ1n) is 13.9. The molecule has 2 heterocycles. The SMILES string of the molecule is C=C[C@@H]1C[C@]1(NC(=O)C1CC(Oc2nccc3ccc(OC)cc23)CN1C(=O)OC(C)(C)C)C(=O)NS(=O)(=O)C1CC1. The first kappa shape index (κ1) is 29.6. The number of aromatic nitrogens is 1. The smallest absolute Gasteiger partial charge is 0.411 e. The average Bonchev–Trinajstić information content (AvgIpc) is 3.84. The lowest BCUT2D eigenvalue weighted by atomic mass is 10.1. The van der Waals surface area contributed by atoms with E-state index in [9.17, 15) is 22.8 Å². The summed E-state index contributed by atoms with van der Waals surface area (Å²) in [6, 6.07) is 6.27. The zero-order valence-corrected chi connectivity index (χ0v) is 24.9. The van der Waals surface area contributed by atoms with Crippen molar-refractivity contribution in [2.24, 2.45) is 5.92 Å². The number of pyridine rings is 1. The van der Waals surface area contributed by atoms with Crippen LogP contribution in [-0.4, -0.2) is 78.4 Å². The average molecular weight is 601 g/mol. The van der Waals surface area contributed by atoms with E-state index in [0.717, 1.165) is 5.39 Å². The summed E-state index contributed by atoms with van der Waals surface area (Å²) < 4.78 is 44.2. The molecule has 2 saturated carbocycles. The Labute approximate surface area is 244 Å². The standard InChI is InChI=1S/C29H36N4O8S/c1-6-18-15-29(18,26(35)32-42(37,38)21-9-10-21)31-24(34)23-14-20(16-33(23)27(36)41-28(2,3)4)40-25-22-13-19(39-5)8-7-17(22)11-12-30-25/h6-8,11-13,18,20-21,23H,1,9-10,14-16H2,2-5H3,(H,31,34)(H,32,35)/t18-,20?,23?,29-/m1/s1. The van der Waals surface area contributed by atoms with E-state index in [2.05, 4.69) is 21.6 Å². The van der Waals surface area contributed by atoms with Gasteiger partial charge < -0.3 is 19.5 Å². The molecule has 2 aromatic rings. The van der Waals surface area contributed by atoms with Gasteiger partial charge in [-0.1, -0.05) is 12.1 Å². The minimum atomic E-state index is -3.83. The predicted octanol–water partition coefficient (Wildman–Crippen LogP) is 2.67. The summed E-state index contributed by atoms with van der Waals surface area (Å²) in [5.74, 6) is -0.960. The van der Waals surface area contributed by atoms with Gasteiger partial charge in [-0.15, -0.1) is 6.58 Å². The van der Waals surface area contributed by atoms with Gasteiger partial charge in [-0.3, -0.25) is 19.2 Å². The fourth-order valence-corrected chi connectivity index (χ4v) is 6.54. The van der Waals surface area contributed by atoms with Crippen LogP contribution in [0.25, 0.3) is 10.8 Å². The van der Waals surface area contributed by atoms with Crippen LogP contribution in [0.2, 0.25) is 0 Å². The Hall–Kier alpha value is -3.87. The highest BCUT2D eigenvalue weighted by Gasteiger charge is 2.62. The molecular weight excluding hydrogens is 564 g/mol. The van der Waals surface area contributed by atoms with E-state index in [0.29, 0.717) is 29.9 Å². The number of carbonyl (C=O) groups excluding carboxylic acids is 3. The van der Waals surface area contributed by atoms with Gasteiger partial charge in [-0.25, -0.2) is 18.2 Å². The Kier molecular flexibility index (Phi) is 7.58. The van der Waals surface area contributed by atoms with Gasteiger partial charge in [0.1, 0.15) is 29.0 Å². The molecule has 226 valence electrons. The van der Waals surface area contributed by atoms with Crippen LogP contribution < -0.4 is 19.5 Å². The van der Waals surface area contributed by atoms with Crippen LogP contribution in [0.4, 0.5) is 4.79 Å². The quantitative estimate of drug-likeness (QED) is 0.414. The molecule has 2 N–H and O–H groups in total. The third-order valence-electron chi connectivity index (χ3n) is 7.66. The van der Waals surface area contributed by atoms with Crippen LogP contribution >= 0.6 is 0 Å². The van der Waals surface area contributed by atoms with Crippen molar-refractivity contribution < 1.29 is 37.0 Å². The fourth-order valence-electron chi connectivity index (χ4n) is 5.17. The first-order chi connectivity index (χ1) is 19.8. The Bertz CT molecular complexity index is 1530. The van der Waals surface area contributed by atoms with E-state index in [4.69, 9.17) is 14.2 Å². The van der Waals surface area contributed by atoms with Crippen molar-refractivity contribution in [3.8, 4) is 11.6 Å². The van der Waals surface area contributed by atoms with Gasteiger partial charge in [0.05, 0.1) is 18.9 Å². The number of sulfonamides is 1. The second kappa shape index (κ2) is 10.8. The van der Waals surface area contributed by atoms with E-state index in [1.54, 1.807) is 40.1 Å². The number of rotatable bonds is 9. The highest BCUT2D eigenvalue weighted by molar-refractivity contribution is 7.91. The minimum absolute atomic E-state index is 0.0230. The van der Waals surface area contributed by atoms with Crippen LogP contribution in [-0.2, 0) is 24.3 Å². The lowest BCUT2D eigenvalue weighted by molar-refractivity contribution is -0.131. The molecule has 3 fully saturated rings. The van der Waals surface area contributed by atoms with Crippen LogP contribution in [0.5, 0.6) is 11.6 Å². The Morgan fingerprint density at radius 3 is 2.55 bits per heavy atom. The van der Waals surface area contributed by atoms with Crippen LogP contribution in [0.3, 0.4) is 0 Å². The van der Waals surface area contributed by atoms with E-state index in [1.165, 1.54) is 11.0 Å². The molecule has 12 nitrogen and oxygen atoms in total. The Balaban J connectivity index is 1.38. The number of benzene rings is 1. The Morgan fingerprint density at radius 1 is 1.19 bits per heavy atom.